The molecule has 0 aromatic carbocycles. The fourth-order valence-corrected chi connectivity index (χ4v) is 3.27. The number of furan rings is 1. The molecule has 1 aliphatic rings. The molecule has 0 aliphatic carbocycles. The van der Waals surface area contributed by atoms with Crippen molar-refractivity contribution >= 4 is 15.9 Å². The Bertz CT molecular complexity index is 579. The summed E-state index contributed by atoms with van der Waals surface area (Å²) < 4.78 is 29.8. The van der Waals surface area contributed by atoms with E-state index in [9.17, 15) is 13.2 Å². The second-order valence-corrected chi connectivity index (χ2v) is 7.17. The van der Waals surface area contributed by atoms with Gasteiger partial charge in [-0.3, -0.25) is 4.79 Å². The van der Waals surface area contributed by atoms with Crippen LogP contribution in [0.5, 0.6) is 0 Å². The normalized spacial score (nSPS) is 20.8. The third-order valence-electron chi connectivity index (χ3n) is 3.46. The summed E-state index contributed by atoms with van der Waals surface area (Å²) in [4.78, 5) is 12.1. The molecule has 7 heteroatoms. The van der Waals surface area contributed by atoms with Crippen molar-refractivity contribution in [3.63, 3.8) is 0 Å². The van der Waals surface area contributed by atoms with Gasteiger partial charge >= 0.3 is 0 Å². The van der Waals surface area contributed by atoms with Crippen molar-refractivity contribution in [1.29, 1.82) is 0 Å². The number of carbonyl (C=O) groups excluding carboxylic acids is 1. The third-order valence-corrected chi connectivity index (χ3v) is 4.73. The van der Waals surface area contributed by atoms with Crippen LogP contribution in [-0.4, -0.2) is 38.0 Å². The molecule has 1 atom stereocenters. The largest absolute Gasteiger partial charge is 0.465 e. The second-order valence-electron chi connectivity index (χ2n) is 5.19. The summed E-state index contributed by atoms with van der Waals surface area (Å²) in [5.41, 5.74) is 0. The molecule has 1 aromatic heterocycles. The molecule has 112 valence electrons. The first kappa shape index (κ1) is 15.1. The molecule has 1 unspecified atom stereocenters. The zero-order valence-corrected chi connectivity index (χ0v) is 12.6. The average Bonchev–Trinajstić information content (AvgIpc) is 2.81. The molecule has 0 radical (unpaired) electrons. The highest BCUT2D eigenvalue weighted by Gasteiger charge is 2.29. The first-order valence-corrected chi connectivity index (χ1v) is 8.49. The van der Waals surface area contributed by atoms with Crippen LogP contribution in [0.2, 0.25) is 0 Å². The van der Waals surface area contributed by atoms with E-state index in [0.717, 1.165) is 12.2 Å². The summed E-state index contributed by atoms with van der Waals surface area (Å²) in [5.74, 6) is 1.10. The predicted molar refractivity (Wildman–Crippen MR) is 74.4 cm³/mol. The lowest BCUT2D eigenvalue weighted by Crippen LogP contribution is -2.44. The maximum atomic E-state index is 12.1. The smallest absolute Gasteiger partial charge is 0.224 e. The molecule has 1 saturated heterocycles. The molecular formula is C13H20N2O4S. The quantitative estimate of drug-likeness (QED) is 0.895. The standard InChI is InChI=1S/C13H20N2O4S/c1-10-5-6-12(19-10)8-14-13(16)11-4-3-7-15(9-11)20(2,17)18/h5-6,11H,3-4,7-9H2,1-2H3,(H,14,16). The van der Waals surface area contributed by atoms with Gasteiger partial charge < -0.3 is 9.73 Å². The van der Waals surface area contributed by atoms with E-state index >= 15 is 0 Å². The van der Waals surface area contributed by atoms with Gasteiger partial charge in [-0.15, -0.1) is 0 Å². The SMILES string of the molecule is Cc1ccc(CNC(=O)C2CCCN(S(C)(=O)=O)C2)o1. The van der Waals surface area contributed by atoms with Gasteiger partial charge in [-0.2, -0.15) is 0 Å². The first-order chi connectivity index (χ1) is 9.36. The van der Waals surface area contributed by atoms with Crippen LogP contribution in [0.3, 0.4) is 0 Å². The number of nitrogens with one attached hydrogen (secondary N) is 1. The Morgan fingerprint density at radius 2 is 2.25 bits per heavy atom. The maximum absolute atomic E-state index is 12.1. The number of piperidine rings is 1. The van der Waals surface area contributed by atoms with E-state index in [1.807, 2.05) is 19.1 Å². The van der Waals surface area contributed by atoms with Gasteiger partial charge in [-0.25, -0.2) is 12.7 Å². The van der Waals surface area contributed by atoms with Gasteiger partial charge in [0.15, 0.2) is 0 Å². The fourth-order valence-electron chi connectivity index (χ4n) is 2.36. The summed E-state index contributed by atoms with van der Waals surface area (Å²) in [6.07, 6.45) is 2.61. The Morgan fingerprint density at radius 3 is 2.85 bits per heavy atom. The zero-order valence-electron chi connectivity index (χ0n) is 11.8. The Labute approximate surface area is 119 Å². The van der Waals surface area contributed by atoms with E-state index in [0.29, 0.717) is 25.3 Å². The van der Waals surface area contributed by atoms with E-state index in [-0.39, 0.29) is 18.4 Å². The van der Waals surface area contributed by atoms with Crippen molar-refractivity contribution in [2.24, 2.45) is 5.92 Å². The van der Waals surface area contributed by atoms with Crippen molar-refractivity contribution < 1.29 is 17.6 Å². The van der Waals surface area contributed by atoms with Gasteiger partial charge in [0, 0.05) is 13.1 Å². The van der Waals surface area contributed by atoms with Crippen molar-refractivity contribution in [3.05, 3.63) is 23.7 Å². The molecule has 0 saturated carbocycles. The molecule has 0 spiro atoms. The average molecular weight is 300 g/mol. The summed E-state index contributed by atoms with van der Waals surface area (Å²) in [6.45, 7) is 2.94. The highest BCUT2D eigenvalue weighted by molar-refractivity contribution is 7.88. The summed E-state index contributed by atoms with van der Waals surface area (Å²) in [7, 11) is -3.22. The van der Waals surface area contributed by atoms with Crippen LogP contribution >= 0.6 is 0 Å². The van der Waals surface area contributed by atoms with Crippen LogP contribution in [-0.2, 0) is 21.4 Å². The molecule has 0 bridgehead atoms. The number of hydrogen-bond acceptors (Lipinski definition) is 4. The van der Waals surface area contributed by atoms with Crippen LogP contribution in [0.15, 0.2) is 16.5 Å². The van der Waals surface area contributed by atoms with Gasteiger partial charge in [-0.1, -0.05) is 0 Å². The van der Waals surface area contributed by atoms with E-state index in [1.165, 1.54) is 10.6 Å². The van der Waals surface area contributed by atoms with Crippen LogP contribution < -0.4 is 5.32 Å². The third kappa shape index (κ3) is 3.83. The summed E-state index contributed by atoms with van der Waals surface area (Å²) >= 11 is 0. The number of aryl methyl sites for hydroxylation is 1. The number of carbonyl (C=O) groups is 1. The molecule has 1 N–H and O–H groups in total. The van der Waals surface area contributed by atoms with Crippen LogP contribution in [0.1, 0.15) is 24.4 Å². The first-order valence-electron chi connectivity index (χ1n) is 6.64. The minimum absolute atomic E-state index is 0.118. The highest BCUT2D eigenvalue weighted by atomic mass is 32.2. The van der Waals surface area contributed by atoms with Gasteiger partial charge in [-0.05, 0) is 31.9 Å². The van der Waals surface area contributed by atoms with Gasteiger partial charge in [0.1, 0.15) is 11.5 Å². The number of amides is 1. The lowest BCUT2D eigenvalue weighted by atomic mass is 9.99. The summed E-state index contributed by atoms with van der Waals surface area (Å²) in [5, 5.41) is 2.80. The molecular weight excluding hydrogens is 280 g/mol. The van der Waals surface area contributed by atoms with E-state index in [4.69, 9.17) is 4.42 Å². The maximum Gasteiger partial charge on any atom is 0.224 e. The van der Waals surface area contributed by atoms with E-state index in [1.54, 1.807) is 0 Å². The minimum Gasteiger partial charge on any atom is -0.465 e. The number of hydrogen-bond donors (Lipinski definition) is 1. The molecule has 1 aliphatic heterocycles. The van der Waals surface area contributed by atoms with E-state index < -0.39 is 10.0 Å². The lowest BCUT2D eigenvalue weighted by Gasteiger charge is -2.30. The van der Waals surface area contributed by atoms with Crippen molar-refractivity contribution in [3.8, 4) is 0 Å². The van der Waals surface area contributed by atoms with Crippen LogP contribution in [0.25, 0.3) is 0 Å². The van der Waals surface area contributed by atoms with Gasteiger partial charge in [0.25, 0.3) is 0 Å². The minimum atomic E-state index is -3.22. The van der Waals surface area contributed by atoms with Crippen molar-refractivity contribution in [2.75, 3.05) is 19.3 Å². The monoisotopic (exact) mass is 300 g/mol. The second kappa shape index (κ2) is 5.97. The Morgan fingerprint density at radius 1 is 1.50 bits per heavy atom. The molecule has 2 heterocycles. The number of nitrogens with zero attached hydrogens (tertiary/aromatic N) is 1. The molecule has 1 amide bonds. The topological polar surface area (TPSA) is 79.6 Å². The van der Waals surface area contributed by atoms with Crippen molar-refractivity contribution in [1.82, 2.24) is 9.62 Å². The van der Waals surface area contributed by atoms with Gasteiger partial charge in [0.2, 0.25) is 15.9 Å². The number of rotatable bonds is 4. The van der Waals surface area contributed by atoms with Gasteiger partial charge in [0.05, 0.1) is 18.7 Å². The fraction of sp³-hybridized carbons (Fsp3) is 0.615. The molecule has 20 heavy (non-hydrogen) atoms. The Balaban J connectivity index is 1.89. The molecule has 2 rings (SSSR count). The van der Waals surface area contributed by atoms with Crippen molar-refractivity contribution in [2.45, 2.75) is 26.3 Å². The van der Waals surface area contributed by atoms with E-state index in [2.05, 4.69) is 5.32 Å². The Hall–Kier alpha value is -1.34. The number of sulfonamides is 1. The molecule has 1 fully saturated rings. The Kier molecular flexibility index (Phi) is 4.49. The zero-order chi connectivity index (χ0) is 14.8. The molecule has 1 aromatic rings. The predicted octanol–water partition coefficient (Wildman–Crippen LogP) is 0.876. The highest BCUT2D eigenvalue weighted by Crippen LogP contribution is 2.19. The van der Waals surface area contributed by atoms with Crippen LogP contribution in [0, 0.1) is 12.8 Å². The lowest BCUT2D eigenvalue weighted by molar-refractivity contribution is -0.126. The summed E-state index contributed by atoms with van der Waals surface area (Å²) in [6, 6.07) is 3.66. The van der Waals surface area contributed by atoms with Crippen LogP contribution in [0.4, 0.5) is 0 Å². The molecule has 6 nitrogen and oxygen atoms in total.